The van der Waals surface area contributed by atoms with Crippen LogP contribution in [0.5, 0.6) is 17.5 Å². The Morgan fingerprint density at radius 3 is 2.45 bits per heavy atom. The highest BCUT2D eigenvalue weighted by molar-refractivity contribution is 5.65. The average molecular weight is 461 g/mol. The number of piperazine rings is 1. The van der Waals surface area contributed by atoms with Crippen LogP contribution in [0.3, 0.4) is 0 Å². The third-order valence-electron chi connectivity index (χ3n) is 6.75. The van der Waals surface area contributed by atoms with Gasteiger partial charge in [-0.15, -0.1) is 0 Å². The Bertz CT molecular complexity index is 950. The number of aromatic nitrogens is 1. The Kier molecular flexibility index (Phi) is 7.22. The van der Waals surface area contributed by atoms with Crippen LogP contribution in [-0.4, -0.2) is 64.5 Å². The standard InChI is InChI=1S/C25H37FN4O3/c1-17(2)33-22-9-8-19(26)16-21(22)29-14-12-28(13-15-29)10-5-11-30-24(31)18(3)23(25(30)32)27-20-6-4-7-20/h8-9,16-17,20,27,31-32H,4-7,10-15H2,1-3H3. The van der Waals surface area contributed by atoms with Gasteiger partial charge in [0, 0.05) is 50.4 Å². The molecule has 1 aliphatic heterocycles. The summed E-state index contributed by atoms with van der Waals surface area (Å²) >= 11 is 0. The van der Waals surface area contributed by atoms with E-state index in [-0.39, 0.29) is 23.7 Å². The van der Waals surface area contributed by atoms with Crippen molar-refractivity contribution in [3.05, 3.63) is 29.6 Å². The van der Waals surface area contributed by atoms with E-state index in [2.05, 4.69) is 15.1 Å². The van der Waals surface area contributed by atoms with Crippen molar-refractivity contribution in [2.45, 2.75) is 65.1 Å². The predicted molar refractivity (Wildman–Crippen MR) is 129 cm³/mol. The number of nitrogens with zero attached hydrogens (tertiary/aromatic N) is 3. The van der Waals surface area contributed by atoms with Crippen molar-refractivity contribution >= 4 is 11.4 Å². The summed E-state index contributed by atoms with van der Waals surface area (Å²) in [5.74, 6) is 0.741. The molecule has 1 aliphatic carbocycles. The molecule has 0 radical (unpaired) electrons. The summed E-state index contributed by atoms with van der Waals surface area (Å²) in [6.07, 6.45) is 4.28. The maximum atomic E-state index is 13.9. The van der Waals surface area contributed by atoms with Gasteiger partial charge in [-0.25, -0.2) is 4.39 Å². The molecule has 0 atom stereocenters. The average Bonchev–Trinajstić information content (AvgIpc) is 2.95. The molecular formula is C25H37FN4O3. The van der Waals surface area contributed by atoms with Gasteiger partial charge in [-0.1, -0.05) is 0 Å². The van der Waals surface area contributed by atoms with E-state index in [1.54, 1.807) is 16.7 Å². The molecule has 2 fully saturated rings. The first kappa shape index (κ1) is 23.5. The van der Waals surface area contributed by atoms with Crippen molar-refractivity contribution in [2.75, 3.05) is 42.9 Å². The highest BCUT2D eigenvalue weighted by Crippen LogP contribution is 2.40. The van der Waals surface area contributed by atoms with E-state index in [0.29, 0.717) is 23.8 Å². The van der Waals surface area contributed by atoms with E-state index < -0.39 is 0 Å². The SMILES string of the molecule is Cc1c(NC2CCC2)c(O)n(CCCN2CCN(c3cc(F)ccc3OC(C)C)CC2)c1O. The van der Waals surface area contributed by atoms with Crippen LogP contribution < -0.4 is 15.0 Å². The highest BCUT2D eigenvalue weighted by Gasteiger charge is 2.25. The van der Waals surface area contributed by atoms with E-state index >= 15 is 0 Å². The van der Waals surface area contributed by atoms with Gasteiger partial charge in [0.15, 0.2) is 5.88 Å². The zero-order chi connectivity index (χ0) is 23.5. The van der Waals surface area contributed by atoms with Crippen molar-refractivity contribution < 1.29 is 19.3 Å². The van der Waals surface area contributed by atoms with E-state index in [0.717, 1.165) is 63.4 Å². The molecule has 4 rings (SSSR count). The first-order valence-corrected chi connectivity index (χ1v) is 12.1. The van der Waals surface area contributed by atoms with Gasteiger partial charge in [0.05, 0.1) is 11.8 Å². The van der Waals surface area contributed by atoms with Crippen LogP contribution in [0.2, 0.25) is 0 Å². The molecule has 2 heterocycles. The largest absolute Gasteiger partial charge is 0.494 e. The molecule has 2 aromatic rings. The summed E-state index contributed by atoms with van der Waals surface area (Å²) in [4.78, 5) is 4.55. The maximum Gasteiger partial charge on any atom is 0.218 e. The van der Waals surface area contributed by atoms with Gasteiger partial charge in [0.25, 0.3) is 0 Å². The normalized spacial score (nSPS) is 17.4. The second kappa shape index (κ2) is 10.1. The molecule has 0 amide bonds. The summed E-state index contributed by atoms with van der Waals surface area (Å²) in [6, 6.07) is 5.11. The minimum atomic E-state index is -0.253. The molecule has 1 saturated heterocycles. The van der Waals surface area contributed by atoms with Gasteiger partial charge in [-0.05, 0) is 65.1 Å². The molecule has 0 spiro atoms. The number of aromatic hydroxyl groups is 2. The van der Waals surface area contributed by atoms with Crippen LogP contribution in [-0.2, 0) is 6.54 Å². The molecule has 2 aliphatic rings. The van der Waals surface area contributed by atoms with Crippen LogP contribution >= 0.6 is 0 Å². The molecule has 7 nitrogen and oxygen atoms in total. The first-order chi connectivity index (χ1) is 15.8. The lowest BCUT2D eigenvalue weighted by atomic mass is 9.93. The van der Waals surface area contributed by atoms with Crippen molar-refractivity contribution in [2.24, 2.45) is 0 Å². The van der Waals surface area contributed by atoms with Crippen molar-refractivity contribution in [3.8, 4) is 17.5 Å². The zero-order valence-electron chi connectivity index (χ0n) is 20.0. The smallest absolute Gasteiger partial charge is 0.218 e. The Labute approximate surface area is 195 Å². The van der Waals surface area contributed by atoms with E-state index in [1.807, 2.05) is 20.8 Å². The second-order valence-corrected chi connectivity index (χ2v) is 9.53. The highest BCUT2D eigenvalue weighted by atomic mass is 19.1. The van der Waals surface area contributed by atoms with Crippen molar-refractivity contribution in [3.63, 3.8) is 0 Å². The lowest BCUT2D eigenvalue weighted by molar-refractivity contribution is 0.234. The minimum Gasteiger partial charge on any atom is -0.494 e. The third kappa shape index (κ3) is 5.32. The Balaban J connectivity index is 1.29. The second-order valence-electron chi connectivity index (χ2n) is 9.53. The lowest BCUT2D eigenvalue weighted by Crippen LogP contribution is -2.47. The van der Waals surface area contributed by atoms with Gasteiger partial charge < -0.3 is 25.2 Å². The lowest BCUT2D eigenvalue weighted by Gasteiger charge is -2.37. The van der Waals surface area contributed by atoms with Crippen molar-refractivity contribution in [1.82, 2.24) is 9.47 Å². The van der Waals surface area contributed by atoms with Crippen molar-refractivity contribution in [1.29, 1.82) is 0 Å². The van der Waals surface area contributed by atoms with Crippen LogP contribution in [0.25, 0.3) is 0 Å². The first-order valence-electron chi connectivity index (χ1n) is 12.1. The van der Waals surface area contributed by atoms with Gasteiger partial charge in [-0.3, -0.25) is 9.47 Å². The summed E-state index contributed by atoms with van der Waals surface area (Å²) in [7, 11) is 0. The summed E-state index contributed by atoms with van der Waals surface area (Å²) in [6.45, 7) is 10.5. The van der Waals surface area contributed by atoms with Gasteiger partial charge in [0.1, 0.15) is 17.3 Å². The number of nitrogens with one attached hydrogen (secondary N) is 1. The molecule has 8 heteroatoms. The number of hydrogen-bond acceptors (Lipinski definition) is 6. The summed E-state index contributed by atoms with van der Waals surface area (Å²) < 4.78 is 21.4. The van der Waals surface area contributed by atoms with Crippen LogP contribution in [0, 0.1) is 12.7 Å². The Morgan fingerprint density at radius 2 is 1.82 bits per heavy atom. The molecular weight excluding hydrogens is 423 g/mol. The monoisotopic (exact) mass is 460 g/mol. The fraction of sp³-hybridized carbons (Fsp3) is 0.600. The van der Waals surface area contributed by atoms with Crippen LogP contribution in [0.15, 0.2) is 18.2 Å². The number of halogens is 1. The maximum absolute atomic E-state index is 13.9. The molecule has 1 saturated carbocycles. The molecule has 1 aromatic heterocycles. The zero-order valence-corrected chi connectivity index (χ0v) is 20.0. The van der Waals surface area contributed by atoms with Crippen LogP contribution in [0.4, 0.5) is 15.8 Å². The van der Waals surface area contributed by atoms with Gasteiger partial charge >= 0.3 is 0 Å². The fourth-order valence-electron chi connectivity index (χ4n) is 4.61. The topological polar surface area (TPSA) is 73.1 Å². The number of anilines is 2. The molecule has 182 valence electrons. The molecule has 0 unspecified atom stereocenters. The molecule has 3 N–H and O–H groups in total. The molecule has 0 bridgehead atoms. The van der Waals surface area contributed by atoms with E-state index in [9.17, 15) is 14.6 Å². The Morgan fingerprint density at radius 1 is 1.09 bits per heavy atom. The predicted octanol–water partition coefficient (Wildman–Crippen LogP) is 4.31. The summed E-state index contributed by atoms with van der Waals surface area (Å²) in [5.41, 5.74) is 2.19. The fourth-order valence-corrected chi connectivity index (χ4v) is 4.61. The van der Waals surface area contributed by atoms with E-state index in [1.165, 1.54) is 12.5 Å². The quantitative estimate of drug-likeness (QED) is 0.518. The Hall–Kier alpha value is -2.61. The van der Waals surface area contributed by atoms with Crippen LogP contribution in [0.1, 0.15) is 45.1 Å². The van der Waals surface area contributed by atoms with Gasteiger partial charge in [-0.2, -0.15) is 0 Å². The molecule has 1 aromatic carbocycles. The minimum absolute atomic E-state index is 0.0325. The number of benzene rings is 1. The number of hydrogen-bond donors (Lipinski definition) is 3. The molecule has 33 heavy (non-hydrogen) atoms. The summed E-state index contributed by atoms with van der Waals surface area (Å²) in [5, 5.41) is 24.5. The number of rotatable bonds is 9. The van der Waals surface area contributed by atoms with E-state index in [4.69, 9.17) is 4.74 Å². The third-order valence-corrected chi connectivity index (χ3v) is 6.75. The number of ether oxygens (including phenoxy) is 1. The van der Waals surface area contributed by atoms with Gasteiger partial charge in [0.2, 0.25) is 5.88 Å².